The van der Waals surface area contributed by atoms with Crippen LogP contribution in [0.5, 0.6) is 5.75 Å². The van der Waals surface area contributed by atoms with E-state index in [4.69, 9.17) is 4.74 Å². The Bertz CT molecular complexity index is 672. The number of rotatable bonds is 1. The van der Waals surface area contributed by atoms with Crippen LogP contribution >= 0.6 is 0 Å². The lowest BCUT2D eigenvalue weighted by Crippen LogP contribution is -1.90. The van der Waals surface area contributed by atoms with Gasteiger partial charge in [0, 0.05) is 17.0 Å². The first-order chi connectivity index (χ1) is 7.81. The van der Waals surface area contributed by atoms with Gasteiger partial charge in [-0.25, -0.2) is 4.98 Å². The molecule has 0 aliphatic carbocycles. The number of hydrogen-bond acceptors (Lipinski definition) is 3. The number of methoxy groups -OCH3 is 1. The molecule has 4 heteroatoms. The molecule has 4 nitrogen and oxygen atoms in total. The number of hydrogen-bond donors (Lipinski definition) is 1. The van der Waals surface area contributed by atoms with Gasteiger partial charge in [-0.05, 0) is 12.5 Å². The second kappa shape index (κ2) is 3.20. The molecule has 3 rings (SSSR count). The first-order valence-corrected chi connectivity index (χ1v) is 5.06. The van der Waals surface area contributed by atoms with Gasteiger partial charge in [-0.3, -0.25) is 5.10 Å². The van der Waals surface area contributed by atoms with Crippen molar-refractivity contribution in [3.05, 3.63) is 30.1 Å². The minimum atomic E-state index is 0.788. The molecule has 2 aromatic heterocycles. The van der Waals surface area contributed by atoms with Crippen LogP contribution < -0.4 is 4.74 Å². The van der Waals surface area contributed by atoms with Crippen molar-refractivity contribution in [2.75, 3.05) is 7.11 Å². The van der Waals surface area contributed by atoms with Crippen molar-refractivity contribution in [1.29, 1.82) is 0 Å². The Morgan fingerprint density at radius 1 is 1.25 bits per heavy atom. The molecule has 0 bridgehead atoms. The Labute approximate surface area is 92.3 Å². The molecule has 0 saturated heterocycles. The highest BCUT2D eigenvalue weighted by Gasteiger charge is 2.10. The van der Waals surface area contributed by atoms with Crippen molar-refractivity contribution in [2.24, 2.45) is 0 Å². The Balaban J connectivity index is 2.59. The summed E-state index contributed by atoms with van der Waals surface area (Å²) < 4.78 is 5.47. The summed E-state index contributed by atoms with van der Waals surface area (Å²) in [5.74, 6) is 0.895. The Kier molecular flexibility index (Phi) is 1.83. The number of pyridine rings is 1. The van der Waals surface area contributed by atoms with Gasteiger partial charge in [0.25, 0.3) is 0 Å². The smallest absolute Gasteiger partial charge is 0.155 e. The molecule has 3 aromatic rings. The monoisotopic (exact) mass is 213 g/mol. The number of ether oxygens (including phenoxy) is 1. The molecule has 0 unspecified atom stereocenters. The Hall–Kier alpha value is -2.10. The minimum Gasteiger partial charge on any atom is -0.496 e. The third kappa shape index (κ3) is 1.10. The van der Waals surface area contributed by atoms with Crippen LogP contribution in [0.3, 0.4) is 0 Å². The standard InChI is InChI=1S/C12H11N3O/c1-7-3-4-8-5-13-12-9(6-14-15-12)10(8)11(7)16-2/h3-6H,1-2H3,(H,13,14,15). The number of aromatic amines is 1. The zero-order valence-electron chi connectivity index (χ0n) is 9.11. The summed E-state index contributed by atoms with van der Waals surface area (Å²) in [5.41, 5.74) is 1.90. The molecule has 2 heterocycles. The summed E-state index contributed by atoms with van der Waals surface area (Å²) in [7, 11) is 1.69. The summed E-state index contributed by atoms with van der Waals surface area (Å²) in [5, 5.41) is 10.0. The van der Waals surface area contributed by atoms with E-state index in [9.17, 15) is 0 Å². The number of nitrogens with one attached hydrogen (secondary N) is 1. The molecular weight excluding hydrogens is 202 g/mol. The lowest BCUT2D eigenvalue weighted by atomic mass is 10.1. The van der Waals surface area contributed by atoms with E-state index < -0.39 is 0 Å². The summed E-state index contributed by atoms with van der Waals surface area (Å²) in [4.78, 5) is 4.30. The van der Waals surface area contributed by atoms with Gasteiger partial charge in [0.05, 0.1) is 18.7 Å². The summed E-state index contributed by atoms with van der Waals surface area (Å²) in [6.45, 7) is 2.03. The maximum atomic E-state index is 5.47. The lowest BCUT2D eigenvalue weighted by molar-refractivity contribution is 0.417. The molecule has 1 aromatic carbocycles. The zero-order chi connectivity index (χ0) is 11.1. The van der Waals surface area contributed by atoms with E-state index in [1.807, 2.05) is 25.3 Å². The summed E-state index contributed by atoms with van der Waals surface area (Å²) >= 11 is 0. The van der Waals surface area contributed by atoms with Crippen molar-refractivity contribution in [1.82, 2.24) is 15.2 Å². The van der Waals surface area contributed by atoms with E-state index in [1.165, 1.54) is 0 Å². The lowest BCUT2D eigenvalue weighted by Gasteiger charge is -2.08. The van der Waals surface area contributed by atoms with Crippen molar-refractivity contribution in [3.8, 4) is 5.75 Å². The quantitative estimate of drug-likeness (QED) is 0.675. The normalized spacial score (nSPS) is 11.1. The van der Waals surface area contributed by atoms with Gasteiger partial charge >= 0.3 is 0 Å². The second-order valence-electron chi connectivity index (χ2n) is 3.77. The van der Waals surface area contributed by atoms with Crippen molar-refractivity contribution in [2.45, 2.75) is 6.92 Å². The van der Waals surface area contributed by atoms with E-state index in [0.717, 1.165) is 33.1 Å². The van der Waals surface area contributed by atoms with E-state index in [0.29, 0.717) is 0 Å². The highest BCUT2D eigenvalue weighted by molar-refractivity contribution is 6.08. The molecule has 0 aliphatic rings. The largest absolute Gasteiger partial charge is 0.496 e. The topological polar surface area (TPSA) is 50.8 Å². The first kappa shape index (κ1) is 9.15. The van der Waals surface area contributed by atoms with Crippen LogP contribution in [0.1, 0.15) is 5.56 Å². The Morgan fingerprint density at radius 3 is 2.94 bits per heavy atom. The number of fused-ring (bicyclic) bond motifs is 3. The van der Waals surface area contributed by atoms with Gasteiger partial charge in [0.15, 0.2) is 5.65 Å². The fourth-order valence-corrected chi connectivity index (χ4v) is 2.05. The molecule has 0 saturated carbocycles. The zero-order valence-corrected chi connectivity index (χ0v) is 9.11. The average molecular weight is 213 g/mol. The first-order valence-electron chi connectivity index (χ1n) is 5.06. The second-order valence-corrected chi connectivity index (χ2v) is 3.77. The van der Waals surface area contributed by atoms with Gasteiger partial charge in [0.1, 0.15) is 5.75 Å². The number of nitrogens with zero attached hydrogens (tertiary/aromatic N) is 2. The van der Waals surface area contributed by atoms with E-state index >= 15 is 0 Å². The molecular formula is C12H11N3O. The van der Waals surface area contributed by atoms with Crippen LogP contribution in [0.2, 0.25) is 0 Å². The molecule has 1 N–H and O–H groups in total. The van der Waals surface area contributed by atoms with E-state index in [1.54, 1.807) is 13.3 Å². The van der Waals surface area contributed by atoms with Crippen LogP contribution in [-0.4, -0.2) is 22.3 Å². The predicted molar refractivity (Wildman–Crippen MR) is 62.7 cm³/mol. The average Bonchev–Trinajstić information content (AvgIpc) is 2.77. The van der Waals surface area contributed by atoms with Crippen LogP contribution in [0.15, 0.2) is 24.5 Å². The molecule has 16 heavy (non-hydrogen) atoms. The van der Waals surface area contributed by atoms with E-state index in [2.05, 4.69) is 15.2 Å². The molecule has 0 fully saturated rings. The highest BCUT2D eigenvalue weighted by Crippen LogP contribution is 2.33. The van der Waals surface area contributed by atoms with Gasteiger partial charge in [0.2, 0.25) is 0 Å². The fourth-order valence-electron chi connectivity index (χ4n) is 2.05. The Morgan fingerprint density at radius 2 is 2.12 bits per heavy atom. The number of aryl methyl sites for hydroxylation is 1. The number of benzene rings is 1. The maximum Gasteiger partial charge on any atom is 0.155 e. The van der Waals surface area contributed by atoms with Gasteiger partial charge in [-0.2, -0.15) is 5.10 Å². The van der Waals surface area contributed by atoms with Crippen LogP contribution in [0.4, 0.5) is 0 Å². The summed E-state index contributed by atoms with van der Waals surface area (Å²) in [6.07, 6.45) is 3.62. The van der Waals surface area contributed by atoms with Gasteiger partial charge in [-0.15, -0.1) is 0 Å². The maximum absolute atomic E-state index is 5.47. The SMILES string of the molecule is COc1c(C)ccc2cnc3[nH]ncc3c12. The van der Waals surface area contributed by atoms with Gasteiger partial charge < -0.3 is 4.74 Å². The van der Waals surface area contributed by atoms with Crippen molar-refractivity contribution < 1.29 is 4.74 Å². The van der Waals surface area contributed by atoms with Gasteiger partial charge in [-0.1, -0.05) is 12.1 Å². The molecule has 0 amide bonds. The van der Waals surface area contributed by atoms with Crippen molar-refractivity contribution in [3.63, 3.8) is 0 Å². The van der Waals surface area contributed by atoms with E-state index in [-0.39, 0.29) is 0 Å². The molecule has 0 spiro atoms. The third-order valence-electron chi connectivity index (χ3n) is 2.81. The number of aromatic nitrogens is 3. The molecule has 0 radical (unpaired) electrons. The van der Waals surface area contributed by atoms with Crippen LogP contribution in [-0.2, 0) is 0 Å². The van der Waals surface area contributed by atoms with Crippen molar-refractivity contribution >= 4 is 21.8 Å². The highest BCUT2D eigenvalue weighted by atomic mass is 16.5. The predicted octanol–water partition coefficient (Wildman–Crippen LogP) is 2.43. The number of H-pyrrole nitrogens is 1. The third-order valence-corrected chi connectivity index (χ3v) is 2.81. The molecule has 0 atom stereocenters. The molecule has 80 valence electrons. The molecule has 0 aliphatic heterocycles. The van der Waals surface area contributed by atoms with Crippen LogP contribution in [0, 0.1) is 6.92 Å². The van der Waals surface area contributed by atoms with Crippen LogP contribution in [0.25, 0.3) is 21.8 Å². The minimum absolute atomic E-state index is 0.788. The fraction of sp³-hybridized carbons (Fsp3) is 0.167. The summed E-state index contributed by atoms with van der Waals surface area (Å²) in [6, 6.07) is 4.08.